The zero-order chi connectivity index (χ0) is 11.9. The summed E-state index contributed by atoms with van der Waals surface area (Å²) in [7, 11) is 1.68. The van der Waals surface area contributed by atoms with Crippen molar-refractivity contribution in [1.29, 1.82) is 0 Å². The molecule has 1 aliphatic heterocycles. The number of morpholine rings is 1. The maximum absolute atomic E-state index is 5.41. The van der Waals surface area contributed by atoms with Gasteiger partial charge in [-0.15, -0.1) is 0 Å². The Morgan fingerprint density at radius 2 is 2.24 bits per heavy atom. The Labute approximate surface area is 102 Å². The smallest absolute Gasteiger partial charge is 0.119 e. The van der Waals surface area contributed by atoms with E-state index in [1.807, 2.05) is 24.3 Å². The minimum atomic E-state index is 0.481. The van der Waals surface area contributed by atoms with Crippen molar-refractivity contribution in [3.05, 3.63) is 24.3 Å². The Morgan fingerprint density at radius 1 is 1.41 bits per heavy atom. The van der Waals surface area contributed by atoms with Crippen molar-refractivity contribution >= 4 is 5.69 Å². The Hall–Kier alpha value is -1.26. The first-order chi connectivity index (χ1) is 8.38. The fourth-order valence-electron chi connectivity index (χ4n) is 1.90. The van der Waals surface area contributed by atoms with E-state index in [1.165, 1.54) is 0 Å². The predicted molar refractivity (Wildman–Crippen MR) is 68.7 cm³/mol. The van der Waals surface area contributed by atoms with Crippen molar-refractivity contribution in [3.8, 4) is 5.75 Å². The monoisotopic (exact) mass is 236 g/mol. The molecule has 17 heavy (non-hydrogen) atoms. The van der Waals surface area contributed by atoms with Gasteiger partial charge in [0.05, 0.1) is 20.3 Å². The number of nitrogens with one attached hydrogen (secondary N) is 2. The number of hydrogen-bond acceptors (Lipinski definition) is 4. The third-order valence-corrected chi connectivity index (χ3v) is 2.91. The quantitative estimate of drug-likeness (QED) is 0.813. The molecule has 1 fully saturated rings. The molecule has 0 aromatic heterocycles. The summed E-state index contributed by atoms with van der Waals surface area (Å²) < 4.78 is 10.5. The van der Waals surface area contributed by atoms with Gasteiger partial charge in [-0.2, -0.15) is 0 Å². The highest BCUT2D eigenvalue weighted by Gasteiger charge is 2.11. The predicted octanol–water partition coefficient (Wildman–Crippen LogP) is 1.49. The molecule has 1 aliphatic rings. The van der Waals surface area contributed by atoms with Crippen molar-refractivity contribution in [3.63, 3.8) is 0 Å². The molecule has 4 nitrogen and oxygen atoms in total. The molecule has 0 radical (unpaired) electrons. The highest BCUT2D eigenvalue weighted by atomic mass is 16.5. The van der Waals surface area contributed by atoms with Gasteiger partial charge in [0, 0.05) is 24.8 Å². The van der Waals surface area contributed by atoms with E-state index in [9.17, 15) is 0 Å². The molecule has 0 bridgehead atoms. The van der Waals surface area contributed by atoms with E-state index in [0.29, 0.717) is 6.04 Å². The fraction of sp³-hybridized carbons (Fsp3) is 0.538. The lowest BCUT2D eigenvalue weighted by Crippen LogP contribution is -2.42. The molecular formula is C13H20N2O2. The summed E-state index contributed by atoms with van der Waals surface area (Å²) in [5, 5.41) is 6.83. The Bertz CT molecular complexity index is 321. The molecule has 4 heteroatoms. The second-order valence-electron chi connectivity index (χ2n) is 4.17. The van der Waals surface area contributed by atoms with Crippen LogP contribution in [-0.2, 0) is 4.74 Å². The van der Waals surface area contributed by atoms with Crippen molar-refractivity contribution in [1.82, 2.24) is 5.32 Å². The number of hydrogen-bond donors (Lipinski definition) is 2. The number of anilines is 1. The second kappa shape index (κ2) is 6.47. The molecule has 1 aromatic rings. The van der Waals surface area contributed by atoms with Gasteiger partial charge >= 0.3 is 0 Å². The number of rotatable bonds is 5. The first kappa shape index (κ1) is 12.2. The summed E-state index contributed by atoms with van der Waals surface area (Å²) >= 11 is 0. The maximum Gasteiger partial charge on any atom is 0.119 e. The van der Waals surface area contributed by atoms with Crippen LogP contribution in [0.5, 0.6) is 5.75 Å². The zero-order valence-electron chi connectivity index (χ0n) is 10.2. The summed E-state index contributed by atoms with van der Waals surface area (Å²) in [6.45, 7) is 3.58. The molecule has 1 aromatic carbocycles. The van der Waals surface area contributed by atoms with Gasteiger partial charge in [-0.1, -0.05) is 0 Å². The fourth-order valence-corrected chi connectivity index (χ4v) is 1.90. The number of benzene rings is 1. The maximum atomic E-state index is 5.41. The van der Waals surface area contributed by atoms with Crippen LogP contribution in [0.15, 0.2) is 24.3 Å². The van der Waals surface area contributed by atoms with Gasteiger partial charge in [-0.25, -0.2) is 0 Å². The van der Waals surface area contributed by atoms with Crippen LogP contribution in [0.2, 0.25) is 0 Å². The molecule has 1 unspecified atom stereocenters. The van der Waals surface area contributed by atoms with Crippen molar-refractivity contribution < 1.29 is 9.47 Å². The average molecular weight is 236 g/mol. The molecule has 2 rings (SSSR count). The van der Waals surface area contributed by atoms with E-state index in [1.54, 1.807) is 7.11 Å². The lowest BCUT2D eigenvalue weighted by Gasteiger charge is -2.23. The third-order valence-electron chi connectivity index (χ3n) is 2.91. The number of ether oxygens (including phenoxy) is 2. The van der Waals surface area contributed by atoms with Crippen LogP contribution in [0, 0.1) is 0 Å². The highest BCUT2D eigenvalue weighted by Crippen LogP contribution is 2.14. The Balaban J connectivity index is 1.69. The van der Waals surface area contributed by atoms with Gasteiger partial charge in [0.15, 0.2) is 0 Å². The zero-order valence-corrected chi connectivity index (χ0v) is 10.2. The molecular weight excluding hydrogens is 216 g/mol. The van der Waals surface area contributed by atoms with Gasteiger partial charge in [-0.3, -0.25) is 0 Å². The normalized spacial score (nSPS) is 19.9. The molecule has 1 heterocycles. The van der Waals surface area contributed by atoms with Crippen LogP contribution >= 0.6 is 0 Å². The van der Waals surface area contributed by atoms with E-state index >= 15 is 0 Å². The topological polar surface area (TPSA) is 42.5 Å². The summed E-state index contributed by atoms with van der Waals surface area (Å²) in [6, 6.07) is 8.47. The van der Waals surface area contributed by atoms with Crippen molar-refractivity contribution in [2.24, 2.45) is 0 Å². The van der Waals surface area contributed by atoms with E-state index < -0.39 is 0 Å². The van der Waals surface area contributed by atoms with E-state index in [0.717, 1.165) is 44.2 Å². The van der Waals surface area contributed by atoms with Gasteiger partial charge in [0.2, 0.25) is 0 Å². The summed E-state index contributed by atoms with van der Waals surface area (Å²) in [6.07, 6.45) is 1.08. The first-order valence-corrected chi connectivity index (χ1v) is 6.07. The van der Waals surface area contributed by atoms with Crippen molar-refractivity contribution in [2.45, 2.75) is 12.5 Å². The minimum absolute atomic E-state index is 0.481. The first-order valence-electron chi connectivity index (χ1n) is 6.07. The standard InChI is InChI=1S/C13H20N2O2/c1-16-13-4-2-11(3-5-13)14-7-6-12-10-17-9-8-15-12/h2-5,12,14-15H,6-10H2,1H3. The lowest BCUT2D eigenvalue weighted by atomic mass is 10.2. The summed E-state index contributed by atoms with van der Waals surface area (Å²) in [5.41, 5.74) is 1.13. The molecule has 1 atom stereocenters. The van der Waals surface area contributed by atoms with E-state index in [-0.39, 0.29) is 0 Å². The Morgan fingerprint density at radius 3 is 2.88 bits per heavy atom. The molecule has 0 aliphatic carbocycles. The molecule has 2 N–H and O–H groups in total. The van der Waals surface area contributed by atoms with E-state index in [4.69, 9.17) is 9.47 Å². The minimum Gasteiger partial charge on any atom is -0.497 e. The Kier molecular flexibility index (Phi) is 4.64. The summed E-state index contributed by atoms with van der Waals surface area (Å²) in [5.74, 6) is 0.887. The summed E-state index contributed by atoms with van der Waals surface area (Å²) in [4.78, 5) is 0. The molecule has 1 saturated heterocycles. The van der Waals surface area contributed by atoms with Crippen LogP contribution in [-0.4, -0.2) is 39.5 Å². The second-order valence-corrected chi connectivity index (χ2v) is 4.17. The van der Waals surface area contributed by atoms with Crippen LogP contribution in [0.3, 0.4) is 0 Å². The van der Waals surface area contributed by atoms with Gasteiger partial charge < -0.3 is 20.1 Å². The largest absolute Gasteiger partial charge is 0.497 e. The van der Waals surface area contributed by atoms with Crippen molar-refractivity contribution in [2.75, 3.05) is 38.7 Å². The molecule has 0 spiro atoms. The SMILES string of the molecule is COc1ccc(NCCC2COCCN2)cc1. The highest BCUT2D eigenvalue weighted by molar-refractivity contribution is 5.46. The van der Waals surface area contributed by atoms with Gasteiger partial charge in [0.25, 0.3) is 0 Å². The molecule has 0 amide bonds. The van der Waals surface area contributed by atoms with Crippen LogP contribution in [0.1, 0.15) is 6.42 Å². The average Bonchev–Trinajstić information content (AvgIpc) is 2.41. The molecule has 94 valence electrons. The van der Waals surface area contributed by atoms with E-state index in [2.05, 4.69) is 10.6 Å². The van der Waals surface area contributed by atoms with Crippen LogP contribution < -0.4 is 15.4 Å². The lowest BCUT2D eigenvalue weighted by molar-refractivity contribution is 0.0753. The van der Waals surface area contributed by atoms with Gasteiger partial charge in [-0.05, 0) is 30.7 Å². The third kappa shape index (κ3) is 3.91. The van der Waals surface area contributed by atoms with Gasteiger partial charge in [0.1, 0.15) is 5.75 Å². The molecule has 0 saturated carbocycles. The van der Waals surface area contributed by atoms with Crippen LogP contribution in [0.25, 0.3) is 0 Å². The van der Waals surface area contributed by atoms with Crippen LogP contribution in [0.4, 0.5) is 5.69 Å². The number of methoxy groups -OCH3 is 1.